The first-order chi connectivity index (χ1) is 11.7. The van der Waals surface area contributed by atoms with Crippen molar-refractivity contribution < 1.29 is 31.1 Å². The van der Waals surface area contributed by atoms with E-state index in [1.54, 1.807) is 7.11 Å². The molecule has 2 N–H and O–H groups in total. The van der Waals surface area contributed by atoms with E-state index in [0.717, 1.165) is 37.7 Å². The first-order valence-electron chi connectivity index (χ1n) is 7.55. The number of nitrogens with one attached hydrogen (secondary N) is 2. The molecular weight excluding hydrogens is 399 g/mol. The summed E-state index contributed by atoms with van der Waals surface area (Å²) in [5, 5.41) is 3.24. The zero-order valence-corrected chi connectivity index (χ0v) is 15.6. The number of sulfonamides is 1. The molecule has 0 bridgehead atoms. The average Bonchev–Trinajstić information content (AvgIpc) is 3.00. The second kappa shape index (κ2) is 9.18. The summed E-state index contributed by atoms with van der Waals surface area (Å²) in [7, 11) is -2.31. The number of pyridine rings is 1. The van der Waals surface area contributed by atoms with E-state index >= 15 is 0 Å². The smallest absolute Gasteiger partial charge is 0.422 e. The highest BCUT2D eigenvalue weighted by molar-refractivity contribution is 7.89. The zero-order chi connectivity index (χ0) is 18.6. The molecule has 1 atom stereocenters. The van der Waals surface area contributed by atoms with Crippen molar-refractivity contribution >= 4 is 22.4 Å². The number of aromatic nitrogens is 1. The summed E-state index contributed by atoms with van der Waals surface area (Å²) < 4.78 is 73.0. The Morgan fingerprint density at radius 3 is 2.62 bits per heavy atom. The summed E-state index contributed by atoms with van der Waals surface area (Å²) in [4.78, 5) is 3.44. The molecule has 1 fully saturated rings. The Balaban J connectivity index is 0.00000338. The van der Waals surface area contributed by atoms with Crippen LogP contribution in [0.15, 0.2) is 23.2 Å². The molecule has 26 heavy (non-hydrogen) atoms. The molecule has 1 aromatic heterocycles. The van der Waals surface area contributed by atoms with Crippen LogP contribution in [0.25, 0.3) is 0 Å². The van der Waals surface area contributed by atoms with Gasteiger partial charge in [0.2, 0.25) is 15.9 Å². The summed E-state index contributed by atoms with van der Waals surface area (Å²) in [6.45, 7) is -0.221. The fourth-order valence-corrected chi connectivity index (χ4v) is 3.63. The third kappa shape index (κ3) is 6.54. The van der Waals surface area contributed by atoms with Crippen LogP contribution in [0.1, 0.15) is 12.8 Å². The predicted octanol–water partition coefficient (Wildman–Crippen LogP) is 1.49. The van der Waals surface area contributed by atoms with Crippen LogP contribution in [0, 0.1) is 0 Å². The van der Waals surface area contributed by atoms with Crippen LogP contribution in [0.3, 0.4) is 0 Å². The summed E-state index contributed by atoms with van der Waals surface area (Å²) >= 11 is 0. The Hall–Kier alpha value is -1.14. The third-order valence-corrected chi connectivity index (χ3v) is 5.14. The van der Waals surface area contributed by atoms with E-state index in [9.17, 15) is 21.6 Å². The van der Waals surface area contributed by atoms with E-state index < -0.39 is 28.3 Å². The van der Waals surface area contributed by atoms with Gasteiger partial charge < -0.3 is 14.8 Å². The number of methoxy groups -OCH3 is 1. The lowest BCUT2D eigenvalue weighted by atomic mass is 9.99. The molecule has 1 aliphatic rings. The molecule has 12 heteroatoms. The highest BCUT2D eigenvalue weighted by Crippen LogP contribution is 2.21. The summed E-state index contributed by atoms with van der Waals surface area (Å²) in [6, 6.07) is 2.23. The minimum atomic E-state index is -4.49. The van der Waals surface area contributed by atoms with Crippen LogP contribution in [0.5, 0.6) is 5.88 Å². The van der Waals surface area contributed by atoms with Gasteiger partial charge in [-0.3, -0.25) is 0 Å². The minimum Gasteiger partial charge on any atom is -0.468 e. The van der Waals surface area contributed by atoms with Gasteiger partial charge in [-0.2, -0.15) is 13.2 Å². The van der Waals surface area contributed by atoms with Crippen LogP contribution < -0.4 is 14.8 Å². The van der Waals surface area contributed by atoms with Crippen LogP contribution in [-0.2, 0) is 14.8 Å². The van der Waals surface area contributed by atoms with Crippen LogP contribution in [0.4, 0.5) is 13.2 Å². The summed E-state index contributed by atoms with van der Waals surface area (Å²) in [5.41, 5.74) is -0.467. The summed E-state index contributed by atoms with van der Waals surface area (Å²) in [6.07, 6.45) is -1.85. The molecule has 2 rings (SSSR count). The van der Waals surface area contributed by atoms with Crippen molar-refractivity contribution in [2.45, 2.75) is 29.5 Å². The number of alkyl halides is 3. The van der Waals surface area contributed by atoms with Gasteiger partial charge in [-0.05, 0) is 25.5 Å². The van der Waals surface area contributed by atoms with Crippen molar-refractivity contribution in [2.75, 3.05) is 33.4 Å². The molecule has 0 spiro atoms. The van der Waals surface area contributed by atoms with E-state index in [-0.39, 0.29) is 29.7 Å². The number of nitrogens with zero attached hydrogens (tertiary/aromatic N) is 1. The Bertz CT molecular complexity index is 665. The van der Waals surface area contributed by atoms with Crippen LogP contribution in [-0.4, -0.2) is 58.5 Å². The molecule has 0 amide bonds. The zero-order valence-electron chi connectivity index (χ0n) is 14.0. The second-order valence-corrected chi connectivity index (χ2v) is 7.57. The van der Waals surface area contributed by atoms with Gasteiger partial charge in [0, 0.05) is 19.7 Å². The lowest BCUT2D eigenvalue weighted by Crippen LogP contribution is -2.52. The third-order valence-electron chi connectivity index (χ3n) is 3.76. The second-order valence-electron chi connectivity index (χ2n) is 5.80. The number of rotatable bonds is 8. The van der Waals surface area contributed by atoms with Crippen LogP contribution >= 0.6 is 12.4 Å². The molecule has 2 heterocycles. The Kier molecular flexibility index (Phi) is 8.08. The molecule has 1 aliphatic heterocycles. The van der Waals surface area contributed by atoms with Gasteiger partial charge >= 0.3 is 6.18 Å². The Morgan fingerprint density at radius 2 is 2.12 bits per heavy atom. The molecule has 0 aliphatic carbocycles. The molecule has 1 unspecified atom stereocenters. The molecule has 1 aromatic rings. The van der Waals surface area contributed by atoms with Gasteiger partial charge in [0.15, 0.2) is 6.61 Å². The lowest BCUT2D eigenvalue weighted by molar-refractivity contribution is -0.154. The monoisotopic (exact) mass is 419 g/mol. The molecule has 0 aromatic carbocycles. The first kappa shape index (κ1) is 22.9. The molecule has 7 nitrogen and oxygen atoms in total. The minimum absolute atomic E-state index is 0. The average molecular weight is 420 g/mol. The lowest BCUT2D eigenvalue weighted by Gasteiger charge is -2.28. The standard InChI is InChI=1S/C14H20F3N3O4S.ClH/c1-23-9-13(5-2-6-19-13)8-20-25(21,22)11-3-4-12(18-7-11)24-10-14(15,16)17;/h3-4,7,19-20H,2,5-6,8-10H2,1H3;1H. The van der Waals surface area contributed by atoms with E-state index in [2.05, 4.69) is 19.8 Å². The molecule has 150 valence electrons. The van der Waals surface area contributed by atoms with Crippen molar-refractivity contribution in [1.82, 2.24) is 15.0 Å². The number of ether oxygens (including phenoxy) is 2. The van der Waals surface area contributed by atoms with E-state index in [1.165, 1.54) is 0 Å². The topological polar surface area (TPSA) is 89.5 Å². The van der Waals surface area contributed by atoms with Gasteiger partial charge in [0.1, 0.15) is 4.90 Å². The van der Waals surface area contributed by atoms with Gasteiger partial charge in [-0.25, -0.2) is 18.1 Å². The van der Waals surface area contributed by atoms with E-state index in [0.29, 0.717) is 6.61 Å². The largest absolute Gasteiger partial charge is 0.468 e. The Labute approximate surface area is 156 Å². The Morgan fingerprint density at radius 1 is 1.38 bits per heavy atom. The van der Waals surface area contributed by atoms with Crippen molar-refractivity contribution in [3.63, 3.8) is 0 Å². The summed E-state index contributed by atoms with van der Waals surface area (Å²) in [5.74, 6) is -0.301. The van der Waals surface area contributed by atoms with Gasteiger partial charge in [-0.1, -0.05) is 0 Å². The van der Waals surface area contributed by atoms with Crippen molar-refractivity contribution in [1.29, 1.82) is 0 Å². The van der Waals surface area contributed by atoms with Crippen molar-refractivity contribution in [3.05, 3.63) is 18.3 Å². The van der Waals surface area contributed by atoms with Gasteiger partial charge in [-0.15, -0.1) is 12.4 Å². The van der Waals surface area contributed by atoms with E-state index in [1.807, 2.05) is 0 Å². The fraction of sp³-hybridized carbons (Fsp3) is 0.643. The number of hydrogen-bond donors (Lipinski definition) is 2. The molecular formula is C14H21ClF3N3O4S. The maximum atomic E-state index is 12.3. The predicted molar refractivity (Wildman–Crippen MR) is 90.1 cm³/mol. The highest BCUT2D eigenvalue weighted by atomic mass is 35.5. The van der Waals surface area contributed by atoms with Gasteiger partial charge in [0.05, 0.1) is 18.3 Å². The van der Waals surface area contributed by atoms with Crippen LogP contribution in [0.2, 0.25) is 0 Å². The SMILES string of the molecule is COCC1(CNS(=O)(=O)c2ccc(OCC(F)(F)F)nc2)CCCN1.Cl. The van der Waals surface area contributed by atoms with Gasteiger partial charge in [0.25, 0.3) is 0 Å². The number of hydrogen-bond acceptors (Lipinski definition) is 6. The van der Waals surface area contributed by atoms with E-state index in [4.69, 9.17) is 4.74 Å². The highest BCUT2D eigenvalue weighted by Gasteiger charge is 2.35. The quantitative estimate of drug-likeness (QED) is 0.663. The molecule has 0 saturated carbocycles. The maximum Gasteiger partial charge on any atom is 0.422 e. The molecule has 1 saturated heterocycles. The normalized spacial score (nSPS) is 20.6. The first-order valence-corrected chi connectivity index (χ1v) is 9.03. The fourth-order valence-electron chi connectivity index (χ4n) is 2.55. The van der Waals surface area contributed by atoms with Crippen molar-refractivity contribution in [2.24, 2.45) is 0 Å². The number of halogens is 4. The molecule has 0 radical (unpaired) electrons. The van der Waals surface area contributed by atoms with Crippen molar-refractivity contribution in [3.8, 4) is 5.88 Å². The maximum absolute atomic E-state index is 12.3.